The largest absolute Gasteiger partial charge is 0.378 e. The predicted octanol–water partition coefficient (Wildman–Crippen LogP) is 2.77. The highest BCUT2D eigenvalue weighted by molar-refractivity contribution is 6.09. The van der Waals surface area contributed by atoms with E-state index in [1.165, 1.54) is 0 Å². The number of ether oxygens (including phenoxy) is 1. The fourth-order valence-corrected chi connectivity index (χ4v) is 2.78. The average Bonchev–Trinajstić information content (AvgIpc) is 2.65. The van der Waals surface area contributed by atoms with E-state index in [0.29, 0.717) is 38.1 Å². The normalized spacial score (nSPS) is 13.9. The van der Waals surface area contributed by atoms with Crippen molar-refractivity contribution in [3.8, 4) is 0 Å². The summed E-state index contributed by atoms with van der Waals surface area (Å²) in [5, 5.41) is 4.98. The van der Waals surface area contributed by atoms with Gasteiger partial charge >= 0.3 is 0 Å². The van der Waals surface area contributed by atoms with Crippen molar-refractivity contribution in [2.24, 2.45) is 0 Å². The third kappa shape index (κ3) is 5.01. The van der Waals surface area contributed by atoms with Gasteiger partial charge in [-0.15, -0.1) is 0 Å². The lowest BCUT2D eigenvalue weighted by molar-refractivity contribution is -0.123. The average molecular weight is 375 g/mol. The third-order valence-corrected chi connectivity index (χ3v) is 4.06. The standard InChI is InChI=1S/C19H19F2N3O3/c20-13-5-6-15(14(21)11-13)22-18(25)12-19(26)23-16-3-1-2-4-17(16)24-7-9-27-10-8-24/h1-6,11H,7-10,12H2,(H,22,25)(H,23,26). The van der Waals surface area contributed by atoms with E-state index in [-0.39, 0.29) is 5.69 Å². The predicted molar refractivity (Wildman–Crippen MR) is 97.7 cm³/mol. The Kier molecular flexibility index (Phi) is 5.97. The molecule has 8 heteroatoms. The zero-order valence-electron chi connectivity index (χ0n) is 14.5. The van der Waals surface area contributed by atoms with Gasteiger partial charge in [-0.3, -0.25) is 9.59 Å². The second-order valence-electron chi connectivity index (χ2n) is 6.01. The molecule has 0 spiro atoms. The van der Waals surface area contributed by atoms with Crippen molar-refractivity contribution in [2.75, 3.05) is 41.8 Å². The number of benzene rings is 2. The van der Waals surface area contributed by atoms with Crippen LogP contribution < -0.4 is 15.5 Å². The lowest BCUT2D eigenvalue weighted by atomic mass is 10.2. The Morgan fingerprint density at radius 2 is 1.63 bits per heavy atom. The molecular formula is C19H19F2N3O3. The van der Waals surface area contributed by atoms with Gasteiger partial charge in [0.05, 0.1) is 30.3 Å². The molecule has 2 amide bonds. The Labute approximate surface area is 155 Å². The molecule has 0 saturated carbocycles. The minimum absolute atomic E-state index is 0.178. The molecule has 2 N–H and O–H groups in total. The maximum Gasteiger partial charge on any atom is 0.233 e. The first-order chi connectivity index (χ1) is 13.0. The van der Waals surface area contributed by atoms with Gasteiger partial charge in [-0.25, -0.2) is 8.78 Å². The van der Waals surface area contributed by atoms with Crippen LogP contribution in [0.1, 0.15) is 6.42 Å². The first-order valence-electron chi connectivity index (χ1n) is 8.49. The minimum Gasteiger partial charge on any atom is -0.378 e. The van der Waals surface area contributed by atoms with E-state index >= 15 is 0 Å². The third-order valence-electron chi connectivity index (χ3n) is 4.06. The maximum absolute atomic E-state index is 13.6. The van der Waals surface area contributed by atoms with Crippen LogP contribution in [0, 0.1) is 11.6 Å². The Hall–Kier alpha value is -3.00. The summed E-state index contributed by atoms with van der Waals surface area (Å²) in [6.45, 7) is 2.62. The van der Waals surface area contributed by atoms with E-state index in [0.717, 1.165) is 17.8 Å². The second kappa shape index (κ2) is 8.59. The number of nitrogens with zero attached hydrogens (tertiary/aromatic N) is 1. The highest BCUT2D eigenvalue weighted by atomic mass is 19.1. The van der Waals surface area contributed by atoms with E-state index < -0.39 is 29.9 Å². The van der Waals surface area contributed by atoms with Gasteiger partial charge in [0.15, 0.2) is 0 Å². The summed E-state index contributed by atoms with van der Waals surface area (Å²) in [5.74, 6) is -2.87. The monoisotopic (exact) mass is 375 g/mol. The van der Waals surface area contributed by atoms with Gasteiger partial charge in [0, 0.05) is 19.2 Å². The van der Waals surface area contributed by atoms with Crippen LogP contribution in [0.4, 0.5) is 25.8 Å². The molecule has 1 fully saturated rings. The maximum atomic E-state index is 13.6. The van der Waals surface area contributed by atoms with E-state index in [4.69, 9.17) is 4.74 Å². The minimum atomic E-state index is -0.901. The fourth-order valence-electron chi connectivity index (χ4n) is 2.78. The molecule has 0 aliphatic carbocycles. The molecular weight excluding hydrogens is 356 g/mol. The van der Waals surface area contributed by atoms with Crippen molar-refractivity contribution in [1.82, 2.24) is 0 Å². The summed E-state index contributed by atoms with van der Waals surface area (Å²) in [6.07, 6.45) is -0.492. The van der Waals surface area contributed by atoms with E-state index in [1.807, 2.05) is 12.1 Å². The number of halogens is 2. The lowest BCUT2D eigenvalue weighted by Gasteiger charge is -2.30. The summed E-state index contributed by atoms with van der Waals surface area (Å²) >= 11 is 0. The summed E-state index contributed by atoms with van der Waals surface area (Å²) in [4.78, 5) is 26.3. The molecule has 1 aliphatic rings. The van der Waals surface area contributed by atoms with Crippen LogP contribution in [0.15, 0.2) is 42.5 Å². The van der Waals surface area contributed by atoms with Crippen LogP contribution in [-0.4, -0.2) is 38.1 Å². The summed E-state index contributed by atoms with van der Waals surface area (Å²) in [7, 11) is 0. The van der Waals surface area contributed by atoms with Crippen LogP contribution in [0.3, 0.4) is 0 Å². The smallest absolute Gasteiger partial charge is 0.233 e. The molecule has 2 aromatic rings. The number of hydrogen-bond acceptors (Lipinski definition) is 4. The number of para-hydroxylation sites is 2. The lowest BCUT2D eigenvalue weighted by Crippen LogP contribution is -2.36. The van der Waals surface area contributed by atoms with Crippen molar-refractivity contribution >= 4 is 28.9 Å². The number of anilines is 3. The molecule has 3 rings (SSSR count). The molecule has 2 aromatic carbocycles. The van der Waals surface area contributed by atoms with Crippen molar-refractivity contribution in [2.45, 2.75) is 6.42 Å². The van der Waals surface area contributed by atoms with Gasteiger partial charge in [0.2, 0.25) is 11.8 Å². The van der Waals surface area contributed by atoms with Crippen LogP contribution in [0.5, 0.6) is 0 Å². The molecule has 142 valence electrons. The highest BCUT2D eigenvalue weighted by Gasteiger charge is 2.17. The Balaban J connectivity index is 1.61. The summed E-state index contributed by atoms with van der Waals surface area (Å²) in [6, 6.07) is 10.1. The number of amides is 2. The van der Waals surface area contributed by atoms with E-state index in [2.05, 4.69) is 15.5 Å². The molecule has 1 saturated heterocycles. The van der Waals surface area contributed by atoms with Gasteiger partial charge in [0.1, 0.15) is 18.1 Å². The number of nitrogens with one attached hydrogen (secondary N) is 2. The first kappa shape index (κ1) is 18.8. The fraction of sp³-hybridized carbons (Fsp3) is 0.263. The van der Waals surface area contributed by atoms with Gasteiger partial charge in [0.25, 0.3) is 0 Å². The SMILES string of the molecule is O=C(CC(=O)Nc1ccccc1N1CCOCC1)Nc1ccc(F)cc1F. The first-order valence-corrected chi connectivity index (χ1v) is 8.49. The van der Waals surface area contributed by atoms with E-state index in [9.17, 15) is 18.4 Å². The zero-order valence-corrected chi connectivity index (χ0v) is 14.5. The number of morpholine rings is 1. The molecule has 1 aliphatic heterocycles. The number of hydrogen-bond donors (Lipinski definition) is 2. The van der Waals surface area contributed by atoms with Crippen LogP contribution in [0.2, 0.25) is 0 Å². The number of carbonyl (C=O) groups is 2. The number of carbonyl (C=O) groups excluding carboxylic acids is 2. The van der Waals surface area contributed by atoms with Crippen molar-refractivity contribution in [3.05, 3.63) is 54.1 Å². The second-order valence-corrected chi connectivity index (χ2v) is 6.01. The van der Waals surface area contributed by atoms with Gasteiger partial charge in [-0.2, -0.15) is 0 Å². The molecule has 0 radical (unpaired) electrons. The molecule has 0 bridgehead atoms. The Morgan fingerprint density at radius 1 is 0.963 bits per heavy atom. The van der Waals surface area contributed by atoms with Gasteiger partial charge in [-0.05, 0) is 24.3 Å². The molecule has 1 heterocycles. The molecule has 0 unspecified atom stereocenters. The Morgan fingerprint density at radius 3 is 2.33 bits per heavy atom. The highest BCUT2D eigenvalue weighted by Crippen LogP contribution is 2.26. The summed E-state index contributed by atoms with van der Waals surface area (Å²) < 4.78 is 31.8. The van der Waals surface area contributed by atoms with Gasteiger partial charge in [-0.1, -0.05) is 12.1 Å². The van der Waals surface area contributed by atoms with Crippen molar-refractivity contribution in [3.63, 3.8) is 0 Å². The summed E-state index contributed by atoms with van der Waals surface area (Å²) in [5.41, 5.74) is 1.26. The zero-order chi connectivity index (χ0) is 19.2. The van der Waals surface area contributed by atoms with Crippen LogP contribution in [0.25, 0.3) is 0 Å². The molecule has 6 nitrogen and oxygen atoms in total. The quantitative estimate of drug-likeness (QED) is 0.789. The van der Waals surface area contributed by atoms with E-state index in [1.54, 1.807) is 12.1 Å². The molecule has 0 aromatic heterocycles. The number of rotatable bonds is 5. The molecule has 0 atom stereocenters. The van der Waals surface area contributed by atoms with Crippen molar-refractivity contribution in [1.29, 1.82) is 0 Å². The Bertz CT molecular complexity index is 839. The molecule has 27 heavy (non-hydrogen) atoms. The van der Waals surface area contributed by atoms with Gasteiger partial charge < -0.3 is 20.3 Å². The van der Waals surface area contributed by atoms with Crippen LogP contribution in [-0.2, 0) is 14.3 Å². The van der Waals surface area contributed by atoms with Crippen molar-refractivity contribution < 1.29 is 23.1 Å². The topological polar surface area (TPSA) is 70.7 Å². The van der Waals surface area contributed by atoms with Crippen LogP contribution >= 0.6 is 0 Å².